The van der Waals surface area contributed by atoms with Gasteiger partial charge in [0.2, 0.25) is 11.6 Å². The molecule has 3 aromatic carbocycles. The molecule has 0 aliphatic carbocycles. The largest absolute Gasteiger partial charge is 0.495 e. The summed E-state index contributed by atoms with van der Waals surface area (Å²) >= 11 is 0. The molecule has 31 nitrogen and oxygen atoms in total. The zero-order valence-electron chi connectivity index (χ0n) is 51.2. The molecule has 1 aromatic heterocycles. The van der Waals surface area contributed by atoms with Gasteiger partial charge in [0, 0.05) is 66.2 Å². The van der Waals surface area contributed by atoms with E-state index in [0.717, 1.165) is 39.1 Å². The van der Waals surface area contributed by atoms with Crippen LogP contribution in [0.4, 0.5) is 17.1 Å². The summed E-state index contributed by atoms with van der Waals surface area (Å²) in [6, 6.07) is 11.5. The number of rotatable bonds is 26. The summed E-state index contributed by atoms with van der Waals surface area (Å²) in [5, 5.41) is 26.1. The van der Waals surface area contributed by atoms with Crippen molar-refractivity contribution in [2.24, 2.45) is 5.41 Å². The standard InChI is InChI=1S/C56H71N6O25P3S2/c1-10-59-41-22-20-36(91(76,77)78)27-39(41)55(5,6)47(59)17-14-18-48-56(7,8)40-28-37(92(79,80)81)21-23-42(40)60(48)25-13-11-12-19-49(64)57-24-15-16-34-26-43(62(67)68)38(29-45(34)82-9)51(54(2,3)4)83-32-35-31-61(53(66)58-52(35)65)50-30-44(63)46(85-50)33-84-89(72,73)87-90(74,75)86-88(69,70)71/h14,17-18,20-23,26-29,31,44,46,50-51,63H,10-13,19,24-25,30,32-33H2,1-9H3,(H7-,57,58,64,65,66,69,70,71,72,73,74,75,76,77,78,79,80,81)/p+1/t44-,46-,50-,51-/m1/s1. The van der Waals surface area contributed by atoms with Gasteiger partial charge in [-0.1, -0.05) is 59.0 Å². The van der Waals surface area contributed by atoms with Crippen LogP contribution in [0, 0.1) is 27.4 Å². The second-order valence-corrected chi connectivity index (χ2v) is 31.0. The first kappa shape index (κ1) is 73.0. The Morgan fingerprint density at radius 3 is 2.21 bits per heavy atom. The molecule has 4 heterocycles. The SMILES string of the molecule is CC[N+]1=C(/C=C/C=C2/N(CCCCCC(=O)NCC#Cc3cc([N+](=O)[O-])c([C@@H](OCc4cn([C@H]5C[C@@H](O)[C@@H](COP(=O)(O)OP(=O)(O)OP(=O)(O)O)O5)c(=O)[nH]c4=O)C(C)(C)C)cc3OC)c3ccc(S(=O)(=O)O)cc3C2(C)C)C(C)(C)c2cc(S(=O)(=O)O)ccc21. The summed E-state index contributed by atoms with van der Waals surface area (Å²) in [5.74, 6) is 5.39. The molecule has 1 saturated heterocycles. The number of aromatic nitrogens is 2. The highest BCUT2D eigenvalue weighted by atomic mass is 32.2. The number of ether oxygens (including phenoxy) is 3. The van der Waals surface area contributed by atoms with Crippen molar-refractivity contribution in [3.05, 3.63) is 137 Å². The van der Waals surface area contributed by atoms with E-state index in [4.69, 9.17) is 24.0 Å². The number of methoxy groups -OCH3 is 1. The third kappa shape index (κ3) is 17.3. The first-order valence-electron chi connectivity index (χ1n) is 28.2. The van der Waals surface area contributed by atoms with Crippen LogP contribution in [0.25, 0.3) is 0 Å². The fourth-order valence-corrected chi connectivity index (χ4v) is 15.1. The lowest BCUT2D eigenvalue weighted by atomic mass is 9.81. The van der Waals surface area contributed by atoms with Crippen LogP contribution in [0.1, 0.15) is 128 Å². The minimum absolute atomic E-state index is 0.0117. The number of hydrogen-bond acceptors (Lipinski definition) is 20. The van der Waals surface area contributed by atoms with Gasteiger partial charge in [0.05, 0.1) is 75.9 Å². The Bertz CT molecular complexity index is 4240. The molecule has 3 aliphatic heterocycles. The third-order valence-electron chi connectivity index (χ3n) is 15.4. The van der Waals surface area contributed by atoms with Crippen LogP contribution in [0.3, 0.4) is 0 Å². The molecule has 502 valence electrons. The summed E-state index contributed by atoms with van der Waals surface area (Å²) < 4.78 is 136. The number of nitro groups is 1. The molecule has 1 fully saturated rings. The van der Waals surface area contributed by atoms with Gasteiger partial charge in [0.25, 0.3) is 31.5 Å². The number of nitrogens with zero attached hydrogens (tertiary/aromatic N) is 4. The van der Waals surface area contributed by atoms with Crippen molar-refractivity contribution in [2.45, 2.75) is 139 Å². The number of carbonyl (C=O) groups is 1. The van der Waals surface area contributed by atoms with E-state index < -0.39 is 126 Å². The topological polar surface area (TPSA) is 450 Å². The molecule has 2 unspecified atom stereocenters. The van der Waals surface area contributed by atoms with E-state index >= 15 is 0 Å². The molecule has 9 N–H and O–H groups in total. The summed E-state index contributed by atoms with van der Waals surface area (Å²) in [6.07, 6.45) is 2.57. The number of aromatic amines is 1. The molecule has 0 bridgehead atoms. The van der Waals surface area contributed by atoms with Gasteiger partial charge in [-0.15, -0.1) is 0 Å². The van der Waals surface area contributed by atoms with Crippen LogP contribution >= 0.6 is 23.5 Å². The Labute approximate surface area is 528 Å². The van der Waals surface area contributed by atoms with Crippen molar-refractivity contribution >= 4 is 72.4 Å². The lowest BCUT2D eigenvalue weighted by molar-refractivity contribution is -0.433. The zero-order valence-corrected chi connectivity index (χ0v) is 55.6. The minimum Gasteiger partial charge on any atom is -0.495 e. The van der Waals surface area contributed by atoms with Crippen molar-refractivity contribution in [3.63, 3.8) is 0 Å². The molecule has 3 aliphatic rings. The predicted octanol–water partition coefficient (Wildman–Crippen LogP) is 6.60. The van der Waals surface area contributed by atoms with Gasteiger partial charge >= 0.3 is 29.2 Å². The molecule has 4 aromatic rings. The number of nitro benzene ring substituents is 1. The number of H-pyrrole nitrogens is 1. The first-order valence-corrected chi connectivity index (χ1v) is 35.6. The number of fused-ring (bicyclic) bond motifs is 2. The fourth-order valence-electron chi connectivity index (χ4n) is 11.1. The highest BCUT2D eigenvalue weighted by Crippen LogP contribution is 2.66. The Morgan fingerprint density at radius 2 is 1.60 bits per heavy atom. The number of benzene rings is 3. The normalized spacial score (nSPS) is 20.1. The van der Waals surface area contributed by atoms with Crippen LogP contribution in [-0.2, 0) is 78.8 Å². The van der Waals surface area contributed by atoms with Gasteiger partial charge in [-0.05, 0) is 87.1 Å². The van der Waals surface area contributed by atoms with Crippen LogP contribution in [0.2, 0.25) is 0 Å². The molecule has 36 heteroatoms. The maximum absolute atomic E-state index is 13.1. The second kappa shape index (κ2) is 27.9. The van der Waals surface area contributed by atoms with Crippen molar-refractivity contribution < 1.29 is 106 Å². The van der Waals surface area contributed by atoms with E-state index in [1.165, 1.54) is 43.5 Å². The number of allylic oxidation sites excluding steroid dienone is 4. The fraction of sp³-hybridized carbons (Fsp3) is 0.464. The number of aliphatic hydroxyl groups is 1. The van der Waals surface area contributed by atoms with Gasteiger partial charge in [-0.2, -0.15) is 30.0 Å². The number of nitrogens with one attached hydrogen (secondary N) is 2. The van der Waals surface area contributed by atoms with Crippen LogP contribution < -0.4 is 26.2 Å². The molecule has 1 amide bonds. The van der Waals surface area contributed by atoms with Crippen molar-refractivity contribution in [2.75, 3.05) is 38.3 Å². The highest BCUT2D eigenvalue weighted by molar-refractivity contribution is 7.86. The van der Waals surface area contributed by atoms with Gasteiger partial charge in [0.1, 0.15) is 24.6 Å². The number of phosphoric ester groups is 1. The average Bonchev–Trinajstić information content (AvgIpc) is 1.57. The number of anilines is 1. The maximum atomic E-state index is 13.1. The van der Waals surface area contributed by atoms with Crippen LogP contribution in [0.5, 0.6) is 5.75 Å². The number of carbonyl (C=O) groups excluding carboxylic acids is 1. The number of amides is 1. The number of hydrogen-bond donors (Lipinski definition) is 9. The Kier molecular flexibility index (Phi) is 22.2. The van der Waals surface area contributed by atoms with E-state index in [1.807, 2.05) is 52.8 Å². The van der Waals surface area contributed by atoms with Gasteiger partial charge in [0.15, 0.2) is 5.71 Å². The smallest absolute Gasteiger partial charge is 0.490 e. The molecule has 92 heavy (non-hydrogen) atoms. The summed E-state index contributed by atoms with van der Waals surface area (Å²) in [6.45, 7) is 14.1. The molecular weight excluding hydrogens is 1310 g/mol. The molecule has 0 saturated carbocycles. The number of phosphoric acid groups is 3. The van der Waals surface area contributed by atoms with E-state index in [0.29, 0.717) is 37.9 Å². The lowest BCUT2D eigenvalue weighted by Gasteiger charge is -2.31. The van der Waals surface area contributed by atoms with E-state index in [9.17, 15) is 79.0 Å². The molecule has 0 radical (unpaired) electrons. The number of unbranched alkanes of at least 4 members (excludes halogenated alkanes) is 2. The van der Waals surface area contributed by atoms with Crippen molar-refractivity contribution in [3.8, 4) is 17.6 Å². The minimum atomic E-state index is -5.86. The average molecular weight is 1390 g/mol. The molecule has 0 spiro atoms. The van der Waals surface area contributed by atoms with E-state index in [-0.39, 0.29) is 51.1 Å². The Balaban J connectivity index is 0.984. The van der Waals surface area contributed by atoms with Crippen molar-refractivity contribution in [1.29, 1.82) is 0 Å². The second-order valence-electron chi connectivity index (χ2n) is 23.7. The first-order chi connectivity index (χ1) is 42.5. The third-order valence-corrected chi connectivity index (χ3v) is 20.9. The van der Waals surface area contributed by atoms with E-state index in [2.05, 4.69) is 44.8 Å². The zero-order chi connectivity index (χ0) is 68.5. The summed E-state index contributed by atoms with van der Waals surface area (Å²) in [5.41, 5.74) is -0.282. The number of aliphatic hydroxyl groups excluding tert-OH is 1. The van der Waals surface area contributed by atoms with Crippen LogP contribution in [0.15, 0.2) is 98.0 Å². The predicted molar refractivity (Wildman–Crippen MR) is 329 cm³/mol. The summed E-state index contributed by atoms with van der Waals surface area (Å²) in [4.78, 5) is 91.8. The molecule has 6 atom stereocenters. The molecular formula is C56H72N6O25P3S2+. The van der Waals surface area contributed by atoms with Crippen molar-refractivity contribution in [1.82, 2.24) is 14.9 Å². The quantitative estimate of drug-likeness (QED) is 0.00607. The highest BCUT2D eigenvalue weighted by Gasteiger charge is 2.47. The van der Waals surface area contributed by atoms with E-state index in [1.54, 1.807) is 32.9 Å². The monoisotopic (exact) mass is 1390 g/mol. The molecule has 7 rings (SSSR count). The summed E-state index contributed by atoms with van der Waals surface area (Å²) in [7, 11) is -24.9. The lowest BCUT2D eigenvalue weighted by Crippen LogP contribution is -2.35. The van der Waals surface area contributed by atoms with Crippen LogP contribution in [-0.4, -0.2) is 127 Å². The van der Waals surface area contributed by atoms with Gasteiger partial charge in [-0.25, -0.2) is 18.5 Å². The Morgan fingerprint density at radius 1 is 0.946 bits per heavy atom. The van der Waals surface area contributed by atoms with Gasteiger partial charge in [-0.3, -0.25) is 42.9 Å². The maximum Gasteiger partial charge on any atom is 0.490 e. The Hall–Kier alpha value is -6.37. The van der Waals surface area contributed by atoms with Gasteiger partial charge < -0.3 is 49.1 Å².